The van der Waals surface area contributed by atoms with Crippen molar-refractivity contribution in [3.63, 3.8) is 0 Å². The van der Waals surface area contributed by atoms with Crippen molar-refractivity contribution in [1.82, 2.24) is 0 Å². The van der Waals surface area contributed by atoms with Crippen molar-refractivity contribution >= 4 is 21.5 Å². The first kappa shape index (κ1) is 28.7. The second-order valence-corrected chi connectivity index (χ2v) is 12.7. The third kappa shape index (κ3) is 7.85. The van der Waals surface area contributed by atoms with Crippen molar-refractivity contribution in [2.45, 2.75) is 58.9 Å². The first-order valence-electron chi connectivity index (χ1n) is 13.7. The summed E-state index contributed by atoms with van der Waals surface area (Å²) in [7, 11) is -2.98. The van der Waals surface area contributed by atoms with Gasteiger partial charge in [-0.3, -0.25) is 4.79 Å². The summed E-state index contributed by atoms with van der Waals surface area (Å²) in [4.78, 5) is 11.7. The minimum atomic E-state index is -2.98. The number of carbonyl (C=O) groups is 1. The molecule has 0 fully saturated rings. The number of hydrogen-bond acceptors (Lipinski definition) is 6. The van der Waals surface area contributed by atoms with Gasteiger partial charge in [-0.2, -0.15) is 0 Å². The van der Waals surface area contributed by atoms with Crippen LogP contribution in [0.5, 0.6) is 5.75 Å². The SMILES string of the molecule is CCOC(=O)CCc1ccc2c(c1)CCC(c1cccc(-c3c(C)cc(OCCCS(C)(=O)=O)cc3C)c1)N2. The van der Waals surface area contributed by atoms with Crippen LogP contribution in [0.3, 0.4) is 0 Å². The Labute approximate surface area is 232 Å². The Balaban J connectivity index is 1.44. The number of ether oxygens (including phenoxy) is 2. The van der Waals surface area contributed by atoms with E-state index in [0.29, 0.717) is 32.5 Å². The van der Waals surface area contributed by atoms with E-state index >= 15 is 0 Å². The molecule has 1 aliphatic rings. The third-order valence-electron chi connectivity index (χ3n) is 7.14. The van der Waals surface area contributed by atoms with Gasteiger partial charge < -0.3 is 14.8 Å². The first-order chi connectivity index (χ1) is 18.6. The topological polar surface area (TPSA) is 81.7 Å². The zero-order valence-electron chi connectivity index (χ0n) is 23.4. The van der Waals surface area contributed by atoms with E-state index < -0.39 is 9.84 Å². The molecule has 39 heavy (non-hydrogen) atoms. The number of benzene rings is 3. The highest BCUT2D eigenvalue weighted by molar-refractivity contribution is 7.90. The van der Waals surface area contributed by atoms with Gasteiger partial charge in [0.1, 0.15) is 15.6 Å². The molecule has 0 saturated heterocycles. The summed E-state index contributed by atoms with van der Waals surface area (Å²) >= 11 is 0. The standard InChI is InChI=1S/C32H39NO5S/c1-5-37-31(34)15-11-24-10-13-29-26(20-24)12-14-30(33-29)25-8-6-9-27(21-25)32-22(2)18-28(19-23(32)3)38-16-7-17-39(4,35)36/h6,8-10,13,18-21,30,33H,5,7,11-12,14-17H2,1-4H3. The summed E-state index contributed by atoms with van der Waals surface area (Å²) in [5.74, 6) is 0.753. The normalized spacial score (nSPS) is 14.8. The summed E-state index contributed by atoms with van der Waals surface area (Å²) in [6, 6.07) is 19.5. The minimum absolute atomic E-state index is 0.131. The van der Waals surface area contributed by atoms with Crippen LogP contribution in [-0.4, -0.2) is 39.6 Å². The van der Waals surface area contributed by atoms with Gasteiger partial charge in [0.05, 0.1) is 25.0 Å². The molecule has 1 atom stereocenters. The molecule has 0 radical (unpaired) electrons. The van der Waals surface area contributed by atoms with Gasteiger partial charge in [0.2, 0.25) is 0 Å². The summed E-state index contributed by atoms with van der Waals surface area (Å²) in [5, 5.41) is 3.73. The van der Waals surface area contributed by atoms with E-state index in [-0.39, 0.29) is 17.8 Å². The zero-order chi connectivity index (χ0) is 28.0. The van der Waals surface area contributed by atoms with E-state index in [4.69, 9.17) is 9.47 Å². The molecule has 208 valence electrons. The molecule has 0 saturated carbocycles. The van der Waals surface area contributed by atoms with Crippen molar-refractivity contribution in [3.05, 3.63) is 82.4 Å². The number of sulfone groups is 1. The second-order valence-electron chi connectivity index (χ2n) is 10.4. The molecule has 6 nitrogen and oxygen atoms in total. The van der Waals surface area contributed by atoms with E-state index in [1.54, 1.807) is 0 Å². The summed E-state index contributed by atoms with van der Waals surface area (Å²) in [6.07, 6.45) is 4.81. The van der Waals surface area contributed by atoms with Gasteiger partial charge in [0.25, 0.3) is 0 Å². The predicted molar refractivity (Wildman–Crippen MR) is 157 cm³/mol. The number of anilines is 1. The van der Waals surface area contributed by atoms with Crippen LogP contribution in [0.1, 0.15) is 60.0 Å². The van der Waals surface area contributed by atoms with Crippen LogP contribution in [0.2, 0.25) is 0 Å². The summed E-state index contributed by atoms with van der Waals surface area (Å²) in [6.45, 7) is 6.81. The number of esters is 1. The number of hydrogen-bond donors (Lipinski definition) is 1. The van der Waals surface area contributed by atoms with Gasteiger partial charge in [-0.25, -0.2) is 8.42 Å². The van der Waals surface area contributed by atoms with Gasteiger partial charge in [0.15, 0.2) is 0 Å². The molecule has 1 N–H and O–H groups in total. The maximum atomic E-state index is 11.7. The van der Waals surface area contributed by atoms with Crippen LogP contribution in [0, 0.1) is 13.8 Å². The Morgan fingerprint density at radius 2 is 1.82 bits per heavy atom. The monoisotopic (exact) mass is 549 g/mol. The van der Waals surface area contributed by atoms with E-state index in [1.807, 2.05) is 19.1 Å². The Bertz CT molecular complexity index is 1410. The van der Waals surface area contributed by atoms with Crippen LogP contribution < -0.4 is 10.1 Å². The van der Waals surface area contributed by atoms with Crippen molar-refractivity contribution in [1.29, 1.82) is 0 Å². The number of aryl methyl sites for hydroxylation is 4. The molecule has 1 heterocycles. The number of fused-ring (bicyclic) bond motifs is 1. The highest BCUT2D eigenvalue weighted by atomic mass is 32.2. The molecule has 0 bridgehead atoms. The van der Waals surface area contributed by atoms with Crippen LogP contribution in [0.4, 0.5) is 5.69 Å². The van der Waals surface area contributed by atoms with Gasteiger partial charge >= 0.3 is 5.97 Å². The second kappa shape index (κ2) is 12.7. The van der Waals surface area contributed by atoms with Crippen molar-refractivity contribution in [3.8, 4) is 16.9 Å². The van der Waals surface area contributed by atoms with Crippen LogP contribution in [0.15, 0.2) is 54.6 Å². The van der Waals surface area contributed by atoms with Gasteiger partial charge in [-0.05, 0) is 110 Å². The van der Waals surface area contributed by atoms with E-state index in [0.717, 1.165) is 41.0 Å². The highest BCUT2D eigenvalue weighted by Gasteiger charge is 2.20. The highest BCUT2D eigenvalue weighted by Crippen LogP contribution is 2.36. The maximum absolute atomic E-state index is 11.7. The summed E-state index contributed by atoms with van der Waals surface area (Å²) < 4.78 is 33.6. The molecule has 0 aromatic heterocycles. The molecule has 0 amide bonds. The molecule has 1 aliphatic heterocycles. The molecule has 3 aromatic carbocycles. The van der Waals surface area contributed by atoms with Gasteiger partial charge in [-0.1, -0.05) is 30.3 Å². The average Bonchev–Trinajstić information content (AvgIpc) is 2.89. The molecule has 1 unspecified atom stereocenters. The zero-order valence-corrected chi connectivity index (χ0v) is 24.2. The lowest BCUT2D eigenvalue weighted by molar-refractivity contribution is -0.143. The van der Waals surface area contributed by atoms with Gasteiger partial charge in [0, 0.05) is 18.4 Å². The fourth-order valence-corrected chi connectivity index (χ4v) is 5.97. The lowest BCUT2D eigenvalue weighted by Gasteiger charge is -2.28. The fraction of sp³-hybridized carbons (Fsp3) is 0.406. The van der Waals surface area contributed by atoms with Crippen LogP contribution >= 0.6 is 0 Å². The van der Waals surface area contributed by atoms with Crippen LogP contribution in [0.25, 0.3) is 11.1 Å². The largest absolute Gasteiger partial charge is 0.494 e. The van der Waals surface area contributed by atoms with Crippen molar-refractivity contribution < 1.29 is 22.7 Å². The Kier molecular flexibility index (Phi) is 9.33. The lowest BCUT2D eigenvalue weighted by atomic mass is 9.89. The Hall–Kier alpha value is -3.32. The molecule has 3 aromatic rings. The molecular weight excluding hydrogens is 510 g/mol. The maximum Gasteiger partial charge on any atom is 0.306 e. The third-order valence-corrected chi connectivity index (χ3v) is 8.17. The van der Waals surface area contributed by atoms with Crippen molar-refractivity contribution in [2.24, 2.45) is 0 Å². The summed E-state index contributed by atoms with van der Waals surface area (Å²) in [5.41, 5.74) is 9.49. The van der Waals surface area contributed by atoms with Crippen LogP contribution in [-0.2, 0) is 32.2 Å². The molecule has 0 spiro atoms. The molecule has 7 heteroatoms. The number of carbonyl (C=O) groups excluding carboxylic acids is 1. The first-order valence-corrected chi connectivity index (χ1v) is 15.7. The van der Waals surface area contributed by atoms with E-state index in [2.05, 4.69) is 61.6 Å². The Morgan fingerprint density at radius 3 is 2.54 bits per heavy atom. The van der Waals surface area contributed by atoms with Gasteiger partial charge in [-0.15, -0.1) is 0 Å². The van der Waals surface area contributed by atoms with Crippen molar-refractivity contribution in [2.75, 3.05) is 30.5 Å². The Morgan fingerprint density at radius 1 is 1.05 bits per heavy atom. The van der Waals surface area contributed by atoms with E-state index in [9.17, 15) is 13.2 Å². The minimum Gasteiger partial charge on any atom is -0.494 e. The smallest absolute Gasteiger partial charge is 0.306 e. The quantitative estimate of drug-likeness (QED) is 0.221. The molecule has 0 aliphatic carbocycles. The predicted octanol–water partition coefficient (Wildman–Crippen LogP) is 6.38. The average molecular weight is 550 g/mol. The number of rotatable bonds is 11. The fourth-order valence-electron chi connectivity index (χ4n) is 5.32. The van der Waals surface area contributed by atoms with E-state index in [1.165, 1.54) is 28.5 Å². The molecular formula is C32H39NO5S. The molecule has 4 rings (SSSR count). The lowest BCUT2D eigenvalue weighted by Crippen LogP contribution is -2.18. The number of nitrogens with one attached hydrogen (secondary N) is 1.